The van der Waals surface area contributed by atoms with Gasteiger partial charge in [-0.2, -0.15) is 0 Å². The summed E-state index contributed by atoms with van der Waals surface area (Å²) in [5, 5.41) is 23.6. The fourth-order valence-electron chi connectivity index (χ4n) is 1.56. The first-order valence-electron chi connectivity index (χ1n) is 5.84. The van der Waals surface area contributed by atoms with Gasteiger partial charge in [0.1, 0.15) is 11.3 Å². The SMILES string of the molecule is CCn1cnnc1CNC(=O)Nc1sccc1C(=O)O. The highest BCUT2D eigenvalue weighted by Crippen LogP contribution is 2.22. The molecule has 106 valence electrons. The Hall–Kier alpha value is -2.42. The molecule has 2 aromatic rings. The number of thiophene rings is 1. The van der Waals surface area contributed by atoms with E-state index in [1.807, 2.05) is 6.92 Å². The minimum atomic E-state index is -1.08. The number of hydrogen-bond acceptors (Lipinski definition) is 5. The van der Waals surface area contributed by atoms with Crippen LogP contribution in [0.1, 0.15) is 23.1 Å². The van der Waals surface area contributed by atoms with E-state index in [2.05, 4.69) is 20.8 Å². The maximum atomic E-state index is 11.7. The second kappa shape index (κ2) is 6.15. The average molecular weight is 295 g/mol. The molecule has 0 aliphatic heterocycles. The Kier molecular flexibility index (Phi) is 4.31. The number of nitrogens with zero attached hydrogens (tertiary/aromatic N) is 3. The Balaban J connectivity index is 1.93. The number of carboxylic acid groups (broad SMARTS) is 1. The average Bonchev–Trinajstić information content (AvgIpc) is 3.04. The number of amides is 2. The van der Waals surface area contributed by atoms with Crippen molar-refractivity contribution in [2.75, 3.05) is 5.32 Å². The van der Waals surface area contributed by atoms with Crippen LogP contribution in [0.25, 0.3) is 0 Å². The van der Waals surface area contributed by atoms with Gasteiger partial charge in [-0.1, -0.05) is 0 Å². The van der Waals surface area contributed by atoms with Crippen molar-refractivity contribution in [3.63, 3.8) is 0 Å². The summed E-state index contributed by atoms with van der Waals surface area (Å²) in [6.07, 6.45) is 1.58. The number of aryl methyl sites for hydroxylation is 1. The van der Waals surface area contributed by atoms with Crippen LogP contribution in [0.5, 0.6) is 0 Å². The molecule has 0 spiro atoms. The van der Waals surface area contributed by atoms with Gasteiger partial charge in [0.15, 0.2) is 5.82 Å². The highest BCUT2D eigenvalue weighted by Gasteiger charge is 2.14. The van der Waals surface area contributed by atoms with Crippen molar-refractivity contribution < 1.29 is 14.7 Å². The van der Waals surface area contributed by atoms with Gasteiger partial charge in [0.25, 0.3) is 0 Å². The third-order valence-electron chi connectivity index (χ3n) is 2.57. The van der Waals surface area contributed by atoms with E-state index in [1.165, 1.54) is 6.07 Å². The molecule has 2 amide bonds. The summed E-state index contributed by atoms with van der Waals surface area (Å²) in [6, 6.07) is 0.955. The summed E-state index contributed by atoms with van der Waals surface area (Å²) < 4.78 is 1.80. The molecule has 0 unspecified atom stereocenters. The minimum absolute atomic E-state index is 0.0712. The van der Waals surface area contributed by atoms with Crippen LogP contribution < -0.4 is 10.6 Å². The first-order chi connectivity index (χ1) is 9.61. The van der Waals surface area contributed by atoms with Gasteiger partial charge in [0.05, 0.1) is 12.1 Å². The standard InChI is InChI=1S/C11H13N5O3S/c1-2-16-6-13-15-8(16)5-12-11(19)14-9-7(10(17)18)3-4-20-9/h3-4,6H,2,5H2,1H3,(H,17,18)(H2,12,14,19). The first kappa shape index (κ1) is 14.0. The minimum Gasteiger partial charge on any atom is -0.478 e. The molecule has 2 heterocycles. The molecule has 9 heteroatoms. The molecule has 0 aliphatic rings. The number of urea groups is 1. The second-order valence-electron chi connectivity index (χ2n) is 3.81. The number of carbonyl (C=O) groups is 2. The number of aromatic nitrogens is 3. The summed E-state index contributed by atoms with van der Waals surface area (Å²) in [5.74, 6) is -0.445. The molecule has 2 aromatic heterocycles. The number of carbonyl (C=O) groups excluding carboxylic acids is 1. The van der Waals surface area contributed by atoms with Crippen molar-refractivity contribution >= 4 is 28.3 Å². The van der Waals surface area contributed by atoms with Gasteiger partial charge in [-0.05, 0) is 18.4 Å². The van der Waals surface area contributed by atoms with Crippen molar-refractivity contribution in [1.82, 2.24) is 20.1 Å². The molecule has 0 fully saturated rings. The predicted molar refractivity (Wildman–Crippen MR) is 72.8 cm³/mol. The molecule has 0 bridgehead atoms. The zero-order valence-corrected chi connectivity index (χ0v) is 11.5. The molecular weight excluding hydrogens is 282 g/mol. The zero-order chi connectivity index (χ0) is 14.5. The van der Waals surface area contributed by atoms with Crippen molar-refractivity contribution in [2.45, 2.75) is 20.0 Å². The lowest BCUT2D eigenvalue weighted by Gasteiger charge is -2.07. The van der Waals surface area contributed by atoms with E-state index in [1.54, 1.807) is 16.3 Å². The summed E-state index contributed by atoms with van der Waals surface area (Å²) in [4.78, 5) is 22.6. The van der Waals surface area contributed by atoms with Gasteiger partial charge >= 0.3 is 12.0 Å². The van der Waals surface area contributed by atoms with E-state index in [4.69, 9.17) is 5.11 Å². The maximum absolute atomic E-state index is 11.7. The Morgan fingerprint density at radius 2 is 2.30 bits per heavy atom. The van der Waals surface area contributed by atoms with Gasteiger partial charge in [-0.15, -0.1) is 21.5 Å². The Bertz CT molecular complexity index is 621. The summed E-state index contributed by atoms with van der Waals surface area (Å²) >= 11 is 1.15. The van der Waals surface area contributed by atoms with Gasteiger partial charge in [-0.3, -0.25) is 5.32 Å². The van der Waals surface area contributed by atoms with E-state index >= 15 is 0 Å². The lowest BCUT2D eigenvalue weighted by Crippen LogP contribution is -2.29. The van der Waals surface area contributed by atoms with E-state index in [9.17, 15) is 9.59 Å². The van der Waals surface area contributed by atoms with Crippen molar-refractivity contribution in [3.8, 4) is 0 Å². The summed E-state index contributed by atoms with van der Waals surface area (Å²) in [6.45, 7) is 2.87. The lowest BCUT2D eigenvalue weighted by atomic mass is 10.3. The van der Waals surface area contributed by atoms with E-state index in [0.29, 0.717) is 17.4 Å². The monoisotopic (exact) mass is 295 g/mol. The molecule has 20 heavy (non-hydrogen) atoms. The summed E-state index contributed by atoms with van der Waals surface area (Å²) in [5.41, 5.74) is 0.0712. The van der Waals surface area contributed by atoms with Crippen LogP contribution in [-0.2, 0) is 13.1 Å². The van der Waals surface area contributed by atoms with Crippen LogP contribution in [0.2, 0.25) is 0 Å². The van der Waals surface area contributed by atoms with Crippen LogP contribution in [0.4, 0.5) is 9.80 Å². The predicted octanol–water partition coefficient (Wildman–Crippen LogP) is 1.38. The number of rotatable bonds is 5. The van der Waals surface area contributed by atoms with Crippen LogP contribution >= 0.6 is 11.3 Å². The molecule has 0 saturated carbocycles. The van der Waals surface area contributed by atoms with E-state index < -0.39 is 12.0 Å². The highest BCUT2D eigenvalue weighted by atomic mass is 32.1. The lowest BCUT2D eigenvalue weighted by molar-refractivity contribution is 0.0698. The van der Waals surface area contributed by atoms with Gasteiger partial charge in [-0.25, -0.2) is 9.59 Å². The van der Waals surface area contributed by atoms with Crippen LogP contribution in [0.15, 0.2) is 17.8 Å². The molecule has 0 atom stereocenters. The van der Waals surface area contributed by atoms with Gasteiger partial charge in [0, 0.05) is 6.54 Å². The van der Waals surface area contributed by atoms with Crippen LogP contribution in [0, 0.1) is 0 Å². The number of hydrogen-bond donors (Lipinski definition) is 3. The molecule has 8 nitrogen and oxygen atoms in total. The number of carboxylic acids is 1. The molecule has 0 radical (unpaired) electrons. The highest BCUT2D eigenvalue weighted by molar-refractivity contribution is 7.14. The Labute approximate surface area is 118 Å². The molecule has 0 saturated heterocycles. The van der Waals surface area contributed by atoms with Crippen molar-refractivity contribution in [1.29, 1.82) is 0 Å². The normalized spacial score (nSPS) is 10.2. The molecule has 0 aliphatic carbocycles. The molecular formula is C11H13N5O3S. The van der Waals surface area contributed by atoms with Gasteiger partial charge in [0.2, 0.25) is 0 Å². The van der Waals surface area contributed by atoms with E-state index in [0.717, 1.165) is 11.3 Å². The van der Waals surface area contributed by atoms with Crippen molar-refractivity contribution in [2.24, 2.45) is 0 Å². The fraction of sp³-hybridized carbons (Fsp3) is 0.273. The fourth-order valence-corrected chi connectivity index (χ4v) is 2.34. The maximum Gasteiger partial charge on any atom is 0.338 e. The third-order valence-corrected chi connectivity index (χ3v) is 3.40. The topological polar surface area (TPSA) is 109 Å². The first-order valence-corrected chi connectivity index (χ1v) is 6.72. The smallest absolute Gasteiger partial charge is 0.338 e. The largest absolute Gasteiger partial charge is 0.478 e. The quantitative estimate of drug-likeness (QED) is 0.772. The number of aromatic carboxylic acids is 1. The zero-order valence-electron chi connectivity index (χ0n) is 10.7. The van der Waals surface area contributed by atoms with Gasteiger partial charge < -0.3 is 15.0 Å². The van der Waals surface area contributed by atoms with Crippen LogP contribution in [0.3, 0.4) is 0 Å². The molecule has 0 aromatic carbocycles. The Morgan fingerprint density at radius 3 is 3.00 bits per heavy atom. The second-order valence-corrected chi connectivity index (χ2v) is 4.73. The van der Waals surface area contributed by atoms with Crippen molar-refractivity contribution in [3.05, 3.63) is 29.2 Å². The number of anilines is 1. The van der Waals surface area contributed by atoms with E-state index in [-0.39, 0.29) is 12.1 Å². The number of nitrogens with one attached hydrogen (secondary N) is 2. The third kappa shape index (κ3) is 3.12. The molecule has 2 rings (SSSR count). The molecule has 3 N–H and O–H groups in total. The van der Waals surface area contributed by atoms with Crippen LogP contribution in [-0.4, -0.2) is 31.9 Å². The summed E-state index contributed by atoms with van der Waals surface area (Å²) in [7, 11) is 0. The Morgan fingerprint density at radius 1 is 1.50 bits per heavy atom.